The van der Waals surface area contributed by atoms with Gasteiger partial charge in [0.05, 0.1) is 24.0 Å². The van der Waals surface area contributed by atoms with Crippen LogP contribution in [0.15, 0.2) is 24.7 Å². The first-order valence-electron chi connectivity index (χ1n) is 10.4. The average molecular weight is 448 g/mol. The number of amides is 1. The van der Waals surface area contributed by atoms with Crippen molar-refractivity contribution in [3.05, 3.63) is 53.1 Å². The summed E-state index contributed by atoms with van der Waals surface area (Å²) in [4.78, 5) is 26.0. The van der Waals surface area contributed by atoms with Gasteiger partial charge in [-0.1, -0.05) is 6.92 Å². The normalized spacial score (nSPS) is 23.8. The molecule has 1 aliphatic carbocycles. The van der Waals surface area contributed by atoms with Gasteiger partial charge in [0, 0.05) is 18.2 Å². The molecule has 11 heteroatoms. The maximum absolute atomic E-state index is 16.5. The van der Waals surface area contributed by atoms with E-state index in [-0.39, 0.29) is 35.9 Å². The maximum Gasteiger partial charge on any atom is 0.280 e. The van der Waals surface area contributed by atoms with E-state index >= 15 is 4.39 Å². The monoisotopic (exact) mass is 448 g/mol. The number of hydrogen-bond donors (Lipinski definition) is 0. The maximum atomic E-state index is 16.5. The molecule has 0 radical (unpaired) electrons. The molecule has 0 N–H and O–H groups in total. The van der Waals surface area contributed by atoms with Crippen molar-refractivity contribution in [1.82, 2.24) is 29.5 Å². The number of aromatic nitrogens is 5. The fourth-order valence-electron chi connectivity index (χ4n) is 4.23. The number of pyridine rings is 1. The van der Waals surface area contributed by atoms with Gasteiger partial charge >= 0.3 is 0 Å². The fraction of sp³-hybridized carbons (Fsp3) is 0.476. The van der Waals surface area contributed by atoms with Crippen LogP contribution in [0.5, 0.6) is 0 Å². The third kappa shape index (κ3) is 3.39. The molecule has 0 spiro atoms. The van der Waals surface area contributed by atoms with E-state index in [2.05, 4.69) is 20.1 Å². The number of hydrogen-bond acceptors (Lipinski definition) is 5. The van der Waals surface area contributed by atoms with Crippen molar-refractivity contribution in [2.45, 2.75) is 44.2 Å². The molecule has 2 atom stereocenters. The molecule has 0 aromatic carbocycles. The van der Waals surface area contributed by atoms with E-state index in [4.69, 9.17) is 0 Å². The Balaban J connectivity index is 1.52. The van der Waals surface area contributed by atoms with Crippen LogP contribution in [0.25, 0.3) is 5.78 Å². The van der Waals surface area contributed by atoms with Crippen molar-refractivity contribution in [1.29, 1.82) is 0 Å². The van der Waals surface area contributed by atoms with Gasteiger partial charge in [-0.2, -0.15) is 14.6 Å². The Bertz CT molecular complexity index is 1200. The first kappa shape index (κ1) is 20.8. The van der Waals surface area contributed by atoms with Crippen LogP contribution in [0, 0.1) is 11.7 Å². The molecule has 0 bridgehead atoms. The van der Waals surface area contributed by atoms with E-state index in [1.54, 1.807) is 6.92 Å². The Labute approximate surface area is 180 Å². The molecule has 1 aliphatic heterocycles. The number of carbonyl (C=O) groups excluding carboxylic acids is 1. The molecule has 2 aliphatic rings. The summed E-state index contributed by atoms with van der Waals surface area (Å²) in [5.74, 6) is -1.98. The van der Waals surface area contributed by atoms with Crippen molar-refractivity contribution < 1.29 is 22.4 Å². The van der Waals surface area contributed by atoms with Gasteiger partial charge in [-0.05, 0) is 37.3 Å². The van der Waals surface area contributed by atoms with Crippen molar-refractivity contribution >= 4 is 11.7 Å². The van der Waals surface area contributed by atoms with Crippen molar-refractivity contribution in [2.24, 2.45) is 5.92 Å². The van der Waals surface area contributed by atoms with Crippen LogP contribution in [-0.2, 0) is 5.67 Å². The smallest absolute Gasteiger partial charge is 0.280 e. The first-order valence-corrected chi connectivity index (χ1v) is 10.4. The Hall–Kier alpha value is -3.11. The summed E-state index contributed by atoms with van der Waals surface area (Å²) in [5.41, 5.74) is -2.51. The van der Waals surface area contributed by atoms with E-state index in [9.17, 15) is 18.0 Å². The van der Waals surface area contributed by atoms with Gasteiger partial charge in [0.25, 0.3) is 18.1 Å². The number of piperidine rings is 1. The predicted octanol–water partition coefficient (Wildman–Crippen LogP) is 3.82. The fourth-order valence-corrected chi connectivity index (χ4v) is 4.23. The van der Waals surface area contributed by atoms with Crippen LogP contribution in [0.2, 0.25) is 0 Å². The molecule has 5 rings (SSSR count). The molecule has 1 amide bonds. The van der Waals surface area contributed by atoms with Crippen LogP contribution in [0.3, 0.4) is 0 Å². The summed E-state index contributed by atoms with van der Waals surface area (Å²) in [5, 5.41) is 3.94. The van der Waals surface area contributed by atoms with Gasteiger partial charge in [-0.3, -0.25) is 9.78 Å². The summed E-state index contributed by atoms with van der Waals surface area (Å²) in [6.07, 6.45) is 1.32. The Morgan fingerprint density at radius 2 is 2.00 bits per heavy atom. The molecule has 4 heterocycles. The Morgan fingerprint density at radius 3 is 2.72 bits per heavy atom. The molecule has 32 heavy (non-hydrogen) atoms. The molecule has 3 aromatic rings. The largest absolute Gasteiger partial charge is 0.335 e. The highest BCUT2D eigenvalue weighted by Crippen LogP contribution is 2.42. The number of carbonyl (C=O) groups is 1. The third-order valence-electron chi connectivity index (χ3n) is 6.34. The second-order valence-corrected chi connectivity index (χ2v) is 8.48. The van der Waals surface area contributed by atoms with E-state index < -0.39 is 42.0 Å². The second kappa shape index (κ2) is 7.49. The molecule has 0 unspecified atom stereocenters. The van der Waals surface area contributed by atoms with Crippen LogP contribution < -0.4 is 0 Å². The van der Waals surface area contributed by atoms with E-state index in [1.807, 2.05) is 0 Å². The standard InChI is InChI=1S/C21H20F4N6O/c1-11-4-5-30(19(32)13-6-15(12-2-3-12)26-8-14(13)22)9-21(11,25)17-7-16(18(23)24)29-20-27-10-28-31(17)20/h6-8,10-12,18H,2-5,9H2,1H3/t11-,21+/m1/s1. The number of alkyl halides is 3. The predicted molar refractivity (Wildman–Crippen MR) is 104 cm³/mol. The zero-order chi connectivity index (χ0) is 22.6. The quantitative estimate of drug-likeness (QED) is 0.568. The second-order valence-electron chi connectivity index (χ2n) is 8.48. The summed E-state index contributed by atoms with van der Waals surface area (Å²) in [6.45, 7) is 1.42. The van der Waals surface area contributed by atoms with Crippen molar-refractivity contribution in [3.8, 4) is 0 Å². The Kier molecular flexibility index (Phi) is 4.86. The van der Waals surface area contributed by atoms with Gasteiger partial charge < -0.3 is 4.90 Å². The molecule has 168 valence electrons. The van der Waals surface area contributed by atoms with E-state index in [0.717, 1.165) is 35.9 Å². The van der Waals surface area contributed by atoms with Crippen molar-refractivity contribution in [2.75, 3.05) is 13.1 Å². The number of fused-ring (bicyclic) bond motifs is 1. The molecule has 2 fully saturated rings. The highest BCUT2D eigenvalue weighted by atomic mass is 19.3. The zero-order valence-electron chi connectivity index (χ0n) is 17.2. The van der Waals surface area contributed by atoms with Gasteiger partial charge in [0.2, 0.25) is 0 Å². The van der Waals surface area contributed by atoms with Crippen LogP contribution >= 0.6 is 0 Å². The van der Waals surface area contributed by atoms with Gasteiger partial charge in [-0.25, -0.2) is 22.5 Å². The molecule has 1 saturated carbocycles. The molecular formula is C21H20F4N6O. The molecule has 7 nitrogen and oxygen atoms in total. The number of halogens is 4. The number of likely N-dealkylation sites (tertiary alicyclic amines) is 1. The minimum Gasteiger partial charge on any atom is -0.335 e. The lowest BCUT2D eigenvalue weighted by Gasteiger charge is -2.42. The molecule has 1 saturated heterocycles. The van der Waals surface area contributed by atoms with E-state index in [1.165, 1.54) is 11.0 Å². The summed E-state index contributed by atoms with van der Waals surface area (Å²) in [7, 11) is 0. The topological polar surface area (TPSA) is 76.3 Å². The van der Waals surface area contributed by atoms with Crippen LogP contribution in [0.1, 0.15) is 66.0 Å². The molecular weight excluding hydrogens is 428 g/mol. The highest BCUT2D eigenvalue weighted by molar-refractivity contribution is 5.94. The summed E-state index contributed by atoms with van der Waals surface area (Å²) < 4.78 is 58.8. The third-order valence-corrected chi connectivity index (χ3v) is 6.34. The Morgan fingerprint density at radius 1 is 1.22 bits per heavy atom. The average Bonchev–Trinajstić information content (AvgIpc) is 3.51. The number of nitrogens with zero attached hydrogens (tertiary/aromatic N) is 6. The lowest BCUT2D eigenvalue weighted by atomic mass is 9.81. The summed E-state index contributed by atoms with van der Waals surface area (Å²) in [6, 6.07) is 2.40. The van der Waals surface area contributed by atoms with E-state index in [0.29, 0.717) is 5.69 Å². The minimum atomic E-state index is -2.93. The number of rotatable bonds is 4. The van der Waals surface area contributed by atoms with Gasteiger partial charge in [0.15, 0.2) is 11.5 Å². The first-order chi connectivity index (χ1) is 15.3. The van der Waals surface area contributed by atoms with Crippen LogP contribution in [-0.4, -0.2) is 48.5 Å². The van der Waals surface area contributed by atoms with Gasteiger partial charge in [0.1, 0.15) is 12.0 Å². The SMILES string of the molecule is C[C@@H]1CCN(C(=O)c2cc(C3CC3)ncc2F)C[C@@]1(F)c1cc(C(F)F)nc2ncnn12. The lowest BCUT2D eigenvalue weighted by Crippen LogP contribution is -2.51. The zero-order valence-corrected chi connectivity index (χ0v) is 17.2. The summed E-state index contributed by atoms with van der Waals surface area (Å²) >= 11 is 0. The molecule has 3 aromatic heterocycles. The van der Waals surface area contributed by atoms with Crippen LogP contribution in [0.4, 0.5) is 17.6 Å². The van der Waals surface area contributed by atoms with Gasteiger partial charge in [-0.15, -0.1) is 0 Å². The minimum absolute atomic E-state index is 0.153. The lowest BCUT2D eigenvalue weighted by molar-refractivity contribution is -0.00597. The van der Waals surface area contributed by atoms with Crippen molar-refractivity contribution in [3.63, 3.8) is 0 Å². The highest BCUT2D eigenvalue weighted by Gasteiger charge is 2.47.